The molecule has 0 saturated carbocycles. The zero-order chi connectivity index (χ0) is 32.0. The normalized spacial score (nSPS) is 11.9. The molecular formula is C42H80O2. The third-order valence-electron chi connectivity index (χ3n) is 9.02. The van der Waals surface area contributed by atoms with Crippen molar-refractivity contribution >= 4 is 5.97 Å². The summed E-state index contributed by atoms with van der Waals surface area (Å²) in [5.41, 5.74) is 0. The van der Waals surface area contributed by atoms with Gasteiger partial charge >= 0.3 is 5.97 Å². The molecule has 0 aromatic heterocycles. The molecule has 0 aromatic carbocycles. The lowest BCUT2D eigenvalue weighted by atomic mass is 10.0. The Morgan fingerprint density at radius 1 is 0.477 bits per heavy atom. The molecule has 0 amide bonds. The molecule has 2 heteroatoms. The van der Waals surface area contributed by atoms with Gasteiger partial charge in [-0.25, -0.2) is 0 Å². The van der Waals surface area contributed by atoms with Crippen molar-refractivity contribution in [3.63, 3.8) is 0 Å². The molecule has 0 saturated heterocycles. The fraction of sp³-hybridized carbons (Fsp3) is 0.881. The summed E-state index contributed by atoms with van der Waals surface area (Å²) < 4.78 is 5.45. The highest BCUT2D eigenvalue weighted by atomic mass is 16.5. The summed E-state index contributed by atoms with van der Waals surface area (Å²) in [5, 5.41) is 0. The third-order valence-corrected chi connectivity index (χ3v) is 9.02. The number of hydrogen-bond acceptors (Lipinski definition) is 2. The minimum absolute atomic E-state index is 0.0126. The van der Waals surface area contributed by atoms with Crippen LogP contribution in [0.3, 0.4) is 0 Å². The van der Waals surface area contributed by atoms with E-state index in [4.69, 9.17) is 4.74 Å². The lowest BCUT2D eigenvalue weighted by Gasteiger charge is -2.06. The highest BCUT2D eigenvalue weighted by molar-refractivity contribution is 5.69. The largest absolute Gasteiger partial charge is 0.466 e. The fourth-order valence-electron chi connectivity index (χ4n) is 6.00. The van der Waals surface area contributed by atoms with Crippen molar-refractivity contribution in [2.24, 2.45) is 5.92 Å². The Labute approximate surface area is 278 Å². The van der Waals surface area contributed by atoms with Crippen molar-refractivity contribution in [2.45, 2.75) is 226 Å². The first-order valence-electron chi connectivity index (χ1n) is 20.1. The monoisotopic (exact) mass is 617 g/mol. The van der Waals surface area contributed by atoms with E-state index in [1.54, 1.807) is 0 Å². The van der Waals surface area contributed by atoms with Crippen LogP contribution in [0.4, 0.5) is 0 Å². The second kappa shape index (κ2) is 38.1. The van der Waals surface area contributed by atoms with Crippen LogP contribution in [0.5, 0.6) is 0 Å². The molecule has 0 heterocycles. The number of esters is 1. The lowest BCUT2D eigenvalue weighted by Crippen LogP contribution is -2.05. The van der Waals surface area contributed by atoms with E-state index in [1.165, 1.54) is 173 Å². The van der Waals surface area contributed by atoms with E-state index in [0.717, 1.165) is 31.6 Å². The van der Waals surface area contributed by atoms with E-state index < -0.39 is 0 Å². The average molecular weight is 617 g/mol. The van der Waals surface area contributed by atoms with Gasteiger partial charge in [0, 0.05) is 6.42 Å². The first kappa shape index (κ1) is 43.0. The van der Waals surface area contributed by atoms with Crippen LogP contribution in [0, 0.1) is 5.92 Å². The summed E-state index contributed by atoms with van der Waals surface area (Å²) in [6.07, 6.45) is 51.1. The van der Waals surface area contributed by atoms with Crippen LogP contribution in [-0.4, -0.2) is 12.6 Å². The molecule has 2 nitrogen and oxygen atoms in total. The molecule has 0 bridgehead atoms. The lowest BCUT2D eigenvalue weighted by molar-refractivity contribution is -0.143. The molecule has 0 N–H and O–H groups in total. The highest BCUT2D eigenvalue weighted by Gasteiger charge is 2.02. The summed E-state index contributed by atoms with van der Waals surface area (Å²) >= 11 is 0. The topological polar surface area (TPSA) is 26.3 Å². The number of carbonyl (C=O) groups excluding carboxylic acids is 1. The zero-order valence-electron chi connectivity index (χ0n) is 30.5. The molecule has 0 radical (unpaired) electrons. The minimum atomic E-state index is 0.0126. The van der Waals surface area contributed by atoms with E-state index in [9.17, 15) is 4.79 Å². The molecule has 0 unspecified atom stereocenters. The first-order valence-corrected chi connectivity index (χ1v) is 20.1. The third kappa shape index (κ3) is 39.0. The molecule has 0 aromatic rings. The van der Waals surface area contributed by atoms with Crippen LogP contribution in [0.2, 0.25) is 0 Å². The summed E-state index contributed by atoms with van der Waals surface area (Å²) in [6, 6.07) is 0. The second-order valence-corrected chi connectivity index (χ2v) is 14.1. The molecule has 0 aliphatic rings. The average Bonchev–Trinajstić information content (AvgIpc) is 3.01. The Balaban J connectivity index is 3.20. The van der Waals surface area contributed by atoms with Crippen molar-refractivity contribution in [3.8, 4) is 0 Å². The standard InChI is InChI=1S/C42H80O2/c1-4-5-6-7-8-9-10-11-17-21-24-27-30-33-36-39-42(43)44-40-37-34-31-28-25-22-19-16-14-12-13-15-18-20-23-26-29-32-35-38-41(2)3/h8-9,11,17,41H,4-7,10,12-16,18-40H2,1-3H3/b9-8-,17-11-. The molecule has 0 fully saturated rings. The summed E-state index contributed by atoms with van der Waals surface area (Å²) in [7, 11) is 0. The van der Waals surface area contributed by atoms with E-state index >= 15 is 0 Å². The zero-order valence-corrected chi connectivity index (χ0v) is 30.5. The van der Waals surface area contributed by atoms with Crippen LogP contribution in [0.1, 0.15) is 226 Å². The van der Waals surface area contributed by atoms with Crippen LogP contribution >= 0.6 is 0 Å². The van der Waals surface area contributed by atoms with Crippen LogP contribution in [0.25, 0.3) is 0 Å². The summed E-state index contributed by atoms with van der Waals surface area (Å²) in [6.45, 7) is 7.56. The Kier molecular flexibility index (Phi) is 37.2. The molecule has 0 aliphatic heterocycles. The maximum absolute atomic E-state index is 12.0. The van der Waals surface area contributed by atoms with Gasteiger partial charge in [-0.15, -0.1) is 0 Å². The van der Waals surface area contributed by atoms with Crippen molar-refractivity contribution in [2.75, 3.05) is 6.61 Å². The van der Waals surface area contributed by atoms with Crippen molar-refractivity contribution in [1.29, 1.82) is 0 Å². The van der Waals surface area contributed by atoms with Crippen molar-refractivity contribution in [1.82, 2.24) is 0 Å². The van der Waals surface area contributed by atoms with Crippen LogP contribution in [-0.2, 0) is 9.53 Å². The van der Waals surface area contributed by atoms with Gasteiger partial charge in [0.05, 0.1) is 6.61 Å². The number of allylic oxidation sites excluding steroid dienone is 4. The summed E-state index contributed by atoms with van der Waals surface area (Å²) in [5.74, 6) is 0.894. The van der Waals surface area contributed by atoms with E-state index in [2.05, 4.69) is 45.1 Å². The van der Waals surface area contributed by atoms with Gasteiger partial charge in [-0.3, -0.25) is 4.79 Å². The number of ether oxygens (including phenoxy) is 1. The fourth-order valence-corrected chi connectivity index (χ4v) is 6.00. The molecule has 0 spiro atoms. The Bertz CT molecular complexity index is 605. The summed E-state index contributed by atoms with van der Waals surface area (Å²) in [4.78, 5) is 12.0. The van der Waals surface area contributed by atoms with Crippen molar-refractivity contribution < 1.29 is 9.53 Å². The maximum Gasteiger partial charge on any atom is 0.305 e. The predicted molar refractivity (Wildman–Crippen MR) is 197 cm³/mol. The molecule has 0 rings (SSSR count). The SMILES string of the molecule is CCCCC/C=C\C/C=C\CCCCCCCC(=O)OCCCCCCCCCCCCCCCCCCCCCC(C)C. The van der Waals surface area contributed by atoms with Crippen molar-refractivity contribution in [3.05, 3.63) is 24.3 Å². The molecule has 0 atom stereocenters. The molecule has 260 valence electrons. The van der Waals surface area contributed by atoms with Gasteiger partial charge in [0.1, 0.15) is 0 Å². The number of carbonyl (C=O) groups is 1. The van der Waals surface area contributed by atoms with Gasteiger partial charge < -0.3 is 4.74 Å². The van der Waals surface area contributed by atoms with E-state index in [-0.39, 0.29) is 5.97 Å². The number of hydrogen-bond donors (Lipinski definition) is 0. The predicted octanol–water partition coefficient (Wildman–Crippen LogP) is 14.8. The maximum atomic E-state index is 12.0. The Morgan fingerprint density at radius 2 is 0.864 bits per heavy atom. The quantitative estimate of drug-likeness (QED) is 0.0397. The molecule has 0 aliphatic carbocycles. The number of unbranched alkanes of at least 4 members (excludes halogenated alkanes) is 26. The van der Waals surface area contributed by atoms with Crippen LogP contribution in [0.15, 0.2) is 24.3 Å². The van der Waals surface area contributed by atoms with Gasteiger partial charge in [-0.05, 0) is 50.9 Å². The van der Waals surface area contributed by atoms with E-state index in [0.29, 0.717) is 13.0 Å². The first-order chi connectivity index (χ1) is 21.7. The Morgan fingerprint density at radius 3 is 1.32 bits per heavy atom. The van der Waals surface area contributed by atoms with Gasteiger partial charge in [0.2, 0.25) is 0 Å². The van der Waals surface area contributed by atoms with Gasteiger partial charge in [0.15, 0.2) is 0 Å². The Hall–Kier alpha value is -1.05. The minimum Gasteiger partial charge on any atom is -0.466 e. The van der Waals surface area contributed by atoms with Gasteiger partial charge in [-0.1, -0.05) is 199 Å². The molecular weight excluding hydrogens is 536 g/mol. The van der Waals surface area contributed by atoms with E-state index in [1.807, 2.05) is 0 Å². The highest BCUT2D eigenvalue weighted by Crippen LogP contribution is 2.16. The number of rotatable bonds is 36. The smallest absolute Gasteiger partial charge is 0.305 e. The van der Waals surface area contributed by atoms with Gasteiger partial charge in [-0.2, -0.15) is 0 Å². The second-order valence-electron chi connectivity index (χ2n) is 14.1. The molecule has 44 heavy (non-hydrogen) atoms. The van der Waals surface area contributed by atoms with Gasteiger partial charge in [0.25, 0.3) is 0 Å². The van der Waals surface area contributed by atoms with Crippen LogP contribution < -0.4 is 0 Å².